The molecule has 1 N–H and O–H groups in total. The number of unbranched alkanes of at least 4 members (excludes halogenated alkanes) is 9. The van der Waals surface area contributed by atoms with Crippen LogP contribution in [0.15, 0.2) is 12.1 Å². The average Bonchev–Trinajstić information content (AvgIpc) is 2.98. The van der Waals surface area contributed by atoms with E-state index in [9.17, 15) is 5.11 Å². The van der Waals surface area contributed by atoms with Crippen molar-refractivity contribution in [3.05, 3.63) is 29.1 Å². The van der Waals surface area contributed by atoms with Crippen LogP contribution in [0.3, 0.4) is 0 Å². The molecule has 1 aromatic carbocycles. The molecule has 1 heterocycles. The second kappa shape index (κ2) is 12.2. The molecule has 3 nitrogen and oxygen atoms in total. The maximum absolute atomic E-state index is 9.21. The molecule has 0 aliphatic rings. The Balaban J connectivity index is 1.83. The van der Waals surface area contributed by atoms with Gasteiger partial charge in [-0.1, -0.05) is 64.7 Å². The van der Waals surface area contributed by atoms with Gasteiger partial charge in [-0.15, -0.1) is 0 Å². The van der Waals surface area contributed by atoms with Crippen molar-refractivity contribution in [3.8, 4) is 0 Å². The standard InChI is InChI=1S/C24H40N2O/c1-4-5-6-7-8-9-10-11-12-13-16-26-23-19-21(3)20(2)18-22(23)25-24(26)15-14-17-27/h18-19,27H,4-17H2,1-3H3. The summed E-state index contributed by atoms with van der Waals surface area (Å²) in [5.74, 6) is 1.14. The Labute approximate surface area is 166 Å². The molecule has 0 radical (unpaired) electrons. The van der Waals surface area contributed by atoms with E-state index in [1.165, 1.54) is 80.9 Å². The highest BCUT2D eigenvalue weighted by molar-refractivity contribution is 5.78. The minimum absolute atomic E-state index is 0.236. The molecule has 2 aromatic rings. The van der Waals surface area contributed by atoms with Crippen molar-refractivity contribution in [1.82, 2.24) is 9.55 Å². The molecule has 0 aliphatic heterocycles. The number of benzene rings is 1. The third-order valence-electron chi connectivity index (χ3n) is 5.74. The van der Waals surface area contributed by atoms with Crippen LogP contribution >= 0.6 is 0 Å². The van der Waals surface area contributed by atoms with Crippen molar-refractivity contribution in [1.29, 1.82) is 0 Å². The molecular formula is C24H40N2O. The predicted molar refractivity (Wildman–Crippen MR) is 116 cm³/mol. The average molecular weight is 373 g/mol. The second-order valence-corrected chi connectivity index (χ2v) is 8.11. The fourth-order valence-electron chi connectivity index (χ4n) is 3.86. The fraction of sp³-hybridized carbons (Fsp3) is 0.708. The van der Waals surface area contributed by atoms with Gasteiger partial charge < -0.3 is 9.67 Å². The normalized spacial score (nSPS) is 11.6. The monoisotopic (exact) mass is 372 g/mol. The van der Waals surface area contributed by atoms with Crippen molar-refractivity contribution in [3.63, 3.8) is 0 Å². The van der Waals surface area contributed by atoms with Crippen LogP contribution in [0.4, 0.5) is 0 Å². The second-order valence-electron chi connectivity index (χ2n) is 8.11. The van der Waals surface area contributed by atoms with E-state index in [0.717, 1.165) is 30.7 Å². The molecule has 27 heavy (non-hydrogen) atoms. The number of aliphatic hydroxyl groups is 1. The number of aliphatic hydroxyl groups excluding tert-OH is 1. The molecule has 152 valence electrons. The van der Waals surface area contributed by atoms with E-state index in [1.807, 2.05) is 0 Å². The SMILES string of the molecule is CCCCCCCCCCCCn1c(CCCO)nc2cc(C)c(C)cc21. The van der Waals surface area contributed by atoms with Crippen LogP contribution in [0.25, 0.3) is 11.0 Å². The van der Waals surface area contributed by atoms with Gasteiger partial charge in [0.1, 0.15) is 5.82 Å². The molecule has 0 saturated carbocycles. The van der Waals surface area contributed by atoms with E-state index >= 15 is 0 Å². The van der Waals surface area contributed by atoms with Gasteiger partial charge in [-0.05, 0) is 49.9 Å². The van der Waals surface area contributed by atoms with E-state index in [2.05, 4.69) is 37.5 Å². The summed E-state index contributed by atoms with van der Waals surface area (Å²) >= 11 is 0. The zero-order valence-electron chi connectivity index (χ0n) is 17.9. The quantitative estimate of drug-likeness (QED) is 0.384. The summed E-state index contributed by atoms with van der Waals surface area (Å²) in [7, 11) is 0. The number of imidazole rings is 1. The molecule has 0 bridgehead atoms. The Hall–Kier alpha value is -1.35. The number of hydrogen-bond acceptors (Lipinski definition) is 2. The van der Waals surface area contributed by atoms with Crippen LogP contribution in [0.5, 0.6) is 0 Å². The Morgan fingerprint density at radius 1 is 0.815 bits per heavy atom. The molecule has 0 spiro atoms. The van der Waals surface area contributed by atoms with Crippen molar-refractivity contribution in [2.75, 3.05) is 6.61 Å². The van der Waals surface area contributed by atoms with Crippen LogP contribution in [-0.4, -0.2) is 21.3 Å². The van der Waals surface area contributed by atoms with E-state index in [-0.39, 0.29) is 6.61 Å². The summed E-state index contributed by atoms with van der Waals surface area (Å²) in [6.07, 6.45) is 15.3. The first-order valence-corrected chi connectivity index (χ1v) is 11.2. The van der Waals surface area contributed by atoms with E-state index in [4.69, 9.17) is 4.98 Å². The zero-order valence-corrected chi connectivity index (χ0v) is 17.9. The van der Waals surface area contributed by atoms with Gasteiger partial charge in [0.15, 0.2) is 0 Å². The lowest BCUT2D eigenvalue weighted by atomic mass is 10.1. The minimum Gasteiger partial charge on any atom is -0.396 e. The molecule has 0 amide bonds. The maximum Gasteiger partial charge on any atom is 0.109 e. The van der Waals surface area contributed by atoms with Crippen molar-refractivity contribution >= 4 is 11.0 Å². The Kier molecular flexibility index (Phi) is 9.90. The Morgan fingerprint density at radius 2 is 1.41 bits per heavy atom. The van der Waals surface area contributed by atoms with Crippen LogP contribution in [0, 0.1) is 13.8 Å². The van der Waals surface area contributed by atoms with E-state index in [0.29, 0.717) is 0 Å². The first kappa shape index (κ1) is 21.9. The van der Waals surface area contributed by atoms with Gasteiger partial charge in [-0.25, -0.2) is 4.98 Å². The summed E-state index contributed by atoms with van der Waals surface area (Å²) < 4.78 is 2.40. The summed E-state index contributed by atoms with van der Waals surface area (Å²) in [5, 5.41) is 9.21. The molecule has 0 aliphatic carbocycles. The molecule has 0 unspecified atom stereocenters. The first-order valence-electron chi connectivity index (χ1n) is 11.2. The van der Waals surface area contributed by atoms with Gasteiger partial charge in [-0.2, -0.15) is 0 Å². The van der Waals surface area contributed by atoms with Gasteiger partial charge in [0.2, 0.25) is 0 Å². The minimum atomic E-state index is 0.236. The number of fused-ring (bicyclic) bond motifs is 1. The number of aromatic nitrogens is 2. The third kappa shape index (κ3) is 6.95. The number of hydrogen-bond donors (Lipinski definition) is 1. The molecule has 3 heteroatoms. The van der Waals surface area contributed by atoms with E-state index in [1.54, 1.807) is 0 Å². The van der Waals surface area contributed by atoms with Crippen LogP contribution in [0.1, 0.15) is 94.5 Å². The van der Waals surface area contributed by atoms with Gasteiger partial charge in [0, 0.05) is 19.6 Å². The maximum atomic E-state index is 9.21. The highest BCUT2D eigenvalue weighted by Gasteiger charge is 2.11. The fourth-order valence-corrected chi connectivity index (χ4v) is 3.86. The molecule has 2 rings (SSSR count). The number of rotatable bonds is 14. The largest absolute Gasteiger partial charge is 0.396 e. The van der Waals surface area contributed by atoms with Crippen molar-refractivity contribution in [2.24, 2.45) is 0 Å². The molecule has 1 aromatic heterocycles. The summed E-state index contributed by atoms with van der Waals surface area (Å²) in [5.41, 5.74) is 5.01. The smallest absolute Gasteiger partial charge is 0.109 e. The van der Waals surface area contributed by atoms with Crippen LogP contribution in [0.2, 0.25) is 0 Å². The lowest BCUT2D eigenvalue weighted by Crippen LogP contribution is -2.05. The summed E-state index contributed by atoms with van der Waals surface area (Å²) in [4.78, 5) is 4.87. The first-order chi connectivity index (χ1) is 13.2. The highest BCUT2D eigenvalue weighted by Crippen LogP contribution is 2.22. The van der Waals surface area contributed by atoms with Crippen LogP contribution in [-0.2, 0) is 13.0 Å². The van der Waals surface area contributed by atoms with E-state index < -0.39 is 0 Å². The topological polar surface area (TPSA) is 38.0 Å². The number of nitrogens with zero attached hydrogens (tertiary/aromatic N) is 2. The lowest BCUT2D eigenvalue weighted by molar-refractivity contribution is 0.287. The summed E-state index contributed by atoms with van der Waals surface area (Å²) in [6, 6.07) is 4.50. The Bertz CT molecular complexity index is 675. The predicted octanol–water partition coefficient (Wildman–Crippen LogP) is 6.50. The van der Waals surface area contributed by atoms with Gasteiger partial charge in [0.25, 0.3) is 0 Å². The van der Waals surface area contributed by atoms with Gasteiger partial charge in [-0.3, -0.25) is 0 Å². The molecule has 0 saturated heterocycles. The zero-order chi connectivity index (χ0) is 19.5. The molecule has 0 atom stereocenters. The molecule has 0 fully saturated rings. The highest BCUT2D eigenvalue weighted by atomic mass is 16.2. The summed E-state index contributed by atoms with van der Waals surface area (Å²) in [6.45, 7) is 7.90. The Morgan fingerprint density at radius 3 is 2.04 bits per heavy atom. The van der Waals surface area contributed by atoms with Crippen LogP contribution < -0.4 is 0 Å². The van der Waals surface area contributed by atoms with Crippen molar-refractivity contribution in [2.45, 2.75) is 104 Å². The number of aryl methyl sites for hydroxylation is 4. The third-order valence-corrected chi connectivity index (χ3v) is 5.74. The molecular weight excluding hydrogens is 332 g/mol. The van der Waals surface area contributed by atoms with Gasteiger partial charge >= 0.3 is 0 Å². The van der Waals surface area contributed by atoms with Crippen molar-refractivity contribution < 1.29 is 5.11 Å². The van der Waals surface area contributed by atoms with Gasteiger partial charge in [0.05, 0.1) is 11.0 Å². The lowest BCUT2D eigenvalue weighted by Gasteiger charge is -2.10.